The highest BCUT2D eigenvalue weighted by molar-refractivity contribution is 7.15. The van der Waals surface area contributed by atoms with E-state index < -0.39 is 0 Å². The first kappa shape index (κ1) is 17.9. The zero-order valence-corrected chi connectivity index (χ0v) is 16.5. The zero-order chi connectivity index (χ0) is 18.8. The molecule has 0 atom stereocenters. The number of anilines is 2. The summed E-state index contributed by atoms with van der Waals surface area (Å²) in [4.78, 5) is 19.7. The van der Waals surface area contributed by atoms with Gasteiger partial charge >= 0.3 is 0 Å². The fraction of sp³-hybridized carbons (Fsp3) is 0.474. The number of piperidine rings is 1. The lowest BCUT2D eigenvalue weighted by atomic mass is 9.96. The van der Waals surface area contributed by atoms with E-state index in [-0.39, 0.29) is 11.8 Å². The predicted octanol–water partition coefficient (Wildman–Crippen LogP) is 3.33. The fourth-order valence-corrected chi connectivity index (χ4v) is 4.29. The van der Waals surface area contributed by atoms with Gasteiger partial charge in [0.25, 0.3) is 0 Å². The van der Waals surface area contributed by atoms with Crippen LogP contribution in [0.4, 0.5) is 11.1 Å². The van der Waals surface area contributed by atoms with E-state index in [0.717, 1.165) is 60.9 Å². The Bertz CT molecular complexity index is 941. The van der Waals surface area contributed by atoms with Crippen LogP contribution < -0.4 is 10.2 Å². The van der Waals surface area contributed by atoms with Crippen molar-refractivity contribution in [2.24, 2.45) is 5.92 Å². The van der Waals surface area contributed by atoms with Crippen molar-refractivity contribution in [3.63, 3.8) is 0 Å². The average Bonchev–Trinajstić information content (AvgIpc) is 3.31. The van der Waals surface area contributed by atoms with Gasteiger partial charge in [0, 0.05) is 25.6 Å². The highest BCUT2D eigenvalue weighted by Crippen LogP contribution is 2.27. The minimum atomic E-state index is 0.00896. The van der Waals surface area contributed by atoms with Crippen molar-refractivity contribution in [3.8, 4) is 0 Å². The second-order valence-electron chi connectivity index (χ2n) is 6.75. The highest BCUT2D eigenvalue weighted by Gasteiger charge is 2.28. The van der Waals surface area contributed by atoms with E-state index in [1.165, 1.54) is 11.3 Å². The lowest BCUT2D eigenvalue weighted by molar-refractivity contribution is -0.120. The minimum absolute atomic E-state index is 0.00896. The average molecular weight is 385 g/mol. The summed E-state index contributed by atoms with van der Waals surface area (Å²) in [5.41, 5.74) is 2.19. The number of hydrogen-bond acceptors (Lipinski definition) is 6. The molecule has 1 amide bonds. The van der Waals surface area contributed by atoms with Gasteiger partial charge in [-0.05, 0) is 38.3 Å². The quantitative estimate of drug-likeness (QED) is 0.730. The summed E-state index contributed by atoms with van der Waals surface area (Å²) in [5.74, 6) is 1.07. The molecule has 8 heteroatoms. The molecule has 7 nitrogen and oxygen atoms in total. The molecule has 4 rings (SSSR count). The van der Waals surface area contributed by atoms with Crippen LogP contribution in [0.3, 0.4) is 0 Å². The van der Waals surface area contributed by atoms with E-state index in [2.05, 4.69) is 44.0 Å². The van der Waals surface area contributed by atoms with Crippen LogP contribution in [-0.2, 0) is 17.8 Å². The number of nitrogens with zero attached hydrogens (tertiary/aromatic N) is 5. The number of fused-ring (bicyclic) bond motifs is 1. The Balaban J connectivity index is 1.42. The van der Waals surface area contributed by atoms with Crippen LogP contribution in [0, 0.1) is 5.92 Å². The number of para-hydroxylation sites is 2. The van der Waals surface area contributed by atoms with Crippen molar-refractivity contribution in [2.75, 3.05) is 23.3 Å². The number of aryl methyl sites for hydroxylation is 2. The summed E-state index contributed by atoms with van der Waals surface area (Å²) in [6.45, 7) is 6.72. The molecule has 3 heterocycles. The molecule has 1 aliphatic heterocycles. The second-order valence-corrected chi connectivity index (χ2v) is 7.81. The van der Waals surface area contributed by atoms with E-state index in [0.29, 0.717) is 5.13 Å². The molecule has 1 fully saturated rings. The molecule has 0 radical (unpaired) electrons. The number of rotatable bonds is 5. The molecule has 0 bridgehead atoms. The Hall–Kier alpha value is -2.48. The van der Waals surface area contributed by atoms with Crippen molar-refractivity contribution in [2.45, 2.75) is 39.7 Å². The standard InChI is InChI=1S/C19H24N6OS/c1-3-16-22-23-18(27-16)21-17(26)13-9-11-24(12-10-13)19-20-14-7-5-6-8-15(14)25(19)4-2/h5-8,13H,3-4,9-12H2,1-2H3,(H,21,23,26). The maximum absolute atomic E-state index is 12.6. The Morgan fingerprint density at radius 2 is 2.00 bits per heavy atom. The molecule has 0 spiro atoms. The molecule has 2 aromatic heterocycles. The summed E-state index contributed by atoms with van der Waals surface area (Å²) < 4.78 is 2.25. The van der Waals surface area contributed by atoms with Crippen molar-refractivity contribution in [1.29, 1.82) is 0 Å². The molecule has 0 aliphatic carbocycles. The maximum atomic E-state index is 12.6. The lowest BCUT2D eigenvalue weighted by Gasteiger charge is -2.32. The number of nitrogens with one attached hydrogen (secondary N) is 1. The van der Waals surface area contributed by atoms with Gasteiger partial charge in [-0.2, -0.15) is 0 Å². The Morgan fingerprint density at radius 1 is 1.22 bits per heavy atom. The van der Waals surface area contributed by atoms with E-state index in [1.807, 2.05) is 19.1 Å². The molecule has 3 aromatic rings. The smallest absolute Gasteiger partial charge is 0.229 e. The Kier molecular flexibility index (Phi) is 5.07. The molecule has 1 saturated heterocycles. The molecule has 27 heavy (non-hydrogen) atoms. The van der Waals surface area contributed by atoms with E-state index in [1.54, 1.807) is 0 Å². The number of carbonyl (C=O) groups excluding carboxylic acids is 1. The second kappa shape index (κ2) is 7.64. The third-order valence-corrected chi connectivity index (χ3v) is 6.08. The topological polar surface area (TPSA) is 75.9 Å². The summed E-state index contributed by atoms with van der Waals surface area (Å²) in [5, 5.41) is 12.6. The van der Waals surface area contributed by atoms with E-state index in [9.17, 15) is 4.79 Å². The van der Waals surface area contributed by atoms with Crippen molar-refractivity contribution in [3.05, 3.63) is 29.3 Å². The van der Waals surface area contributed by atoms with Crippen LogP contribution in [0.2, 0.25) is 0 Å². The number of aromatic nitrogens is 4. The predicted molar refractivity (Wildman–Crippen MR) is 108 cm³/mol. The number of carbonyl (C=O) groups is 1. The van der Waals surface area contributed by atoms with Crippen molar-refractivity contribution < 1.29 is 4.79 Å². The fourth-order valence-electron chi connectivity index (χ4n) is 3.61. The third kappa shape index (κ3) is 3.53. The molecule has 0 saturated carbocycles. The molecular formula is C19H24N6OS. The van der Waals surface area contributed by atoms with Gasteiger partial charge in [-0.15, -0.1) is 10.2 Å². The van der Waals surface area contributed by atoms with Gasteiger partial charge < -0.3 is 14.8 Å². The number of hydrogen-bond donors (Lipinski definition) is 1. The summed E-state index contributed by atoms with van der Waals surface area (Å²) in [6.07, 6.45) is 2.47. The van der Waals surface area contributed by atoms with Crippen LogP contribution in [0.25, 0.3) is 11.0 Å². The minimum Gasteiger partial charge on any atom is -0.342 e. The van der Waals surface area contributed by atoms with Crippen molar-refractivity contribution in [1.82, 2.24) is 19.7 Å². The number of amides is 1. The SMILES string of the molecule is CCc1nnc(NC(=O)C2CCN(c3nc4ccccc4n3CC)CC2)s1. The van der Waals surface area contributed by atoms with Gasteiger partial charge in [0.05, 0.1) is 11.0 Å². The third-order valence-electron chi connectivity index (χ3n) is 5.10. The van der Waals surface area contributed by atoms with Gasteiger partial charge in [0.2, 0.25) is 17.0 Å². The normalized spacial score (nSPS) is 15.4. The van der Waals surface area contributed by atoms with Gasteiger partial charge in [-0.1, -0.05) is 30.4 Å². The van der Waals surface area contributed by atoms with Gasteiger partial charge in [0.15, 0.2) is 0 Å². The first-order chi connectivity index (χ1) is 13.2. The van der Waals surface area contributed by atoms with Crippen molar-refractivity contribution >= 4 is 39.4 Å². The largest absolute Gasteiger partial charge is 0.342 e. The summed E-state index contributed by atoms with van der Waals surface area (Å²) >= 11 is 1.45. The molecule has 1 N–H and O–H groups in total. The molecule has 1 aliphatic rings. The monoisotopic (exact) mass is 384 g/mol. The lowest BCUT2D eigenvalue weighted by Crippen LogP contribution is -2.39. The Morgan fingerprint density at radius 3 is 2.70 bits per heavy atom. The van der Waals surface area contributed by atoms with Gasteiger partial charge in [-0.3, -0.25) is 4.79 Å². The van der Waals surface area contributed by atoms with E-state index in [4.69, 9.17) is 4.98 Å². The van der Waals surface area contributed by atoms with Crippen LogP contribution in [-0.4, -0.2) is 38.7 Å². The maximum Gasteiger partial charge on any atom is 0.229 e. The van der Waals surface area contributed by atoms with E-state index >= 15 is 0 Å². The molecule has 0 unspecified atom stereocenters. The molecule has 1 aromatic carbocycles. The number of imidazole rings is 1. The summed E-state index contributed by atoms with van der Waals surface area (Å²) in [7, 11) is 0. The first-order valence-corrected chi connectivity index (χ1v) is 10.3. The van der Waals surface area contributed by atoms with Crippen LogP contribution in [0.15, 0.2) is 24.3 Å². The summed E-state index contributed by atoms with van der Waals surface area (Å²) in [6, 6.07) is 8.24. The molecular weight excluding hydrogens is 360 g/mol. The van der Waals surface area contributed by atoms with Gasteiger partial charge in [0.1, 0.15) is 5.01 Å². The number of benzene rings is 1. The van der Waals surface area contributed by atoms with Crippen LogP contribution in [0.1, 0.15) is 31.7 Å². The zero-order valence-electron chi connectivity index (χ0n) is 15.7. The highest BCUT2D eigenvalue weighted by atomic mass is 32.1. The first-order valence-electron chi connectivity index (χ1n) is 9.53. The van der Waals surface area contributed by atoms with Gasteiger partial charge in [-0.25, -0.2) is 4.98 Å². The van der Waals surface area contributed by atoms with Crippen LogP contribution >= 0.6 is 11.3 Å². The molecule has 142 valence electrons. The van der Waals surface area contributed by atoms with Crippen LogP contribution in [0.5, 0.6) is 0 Å². The Labute approximate surface area is 162 Å².